The Kier molecular flexibility index (Phi) is 2.75. The molecule has 3 rings (SSSR count). The molecule has 0 amide bonds. The molecule has 6 heteroatoms. The number of pyridine rings is 1. The number of nitrogens with zero attached hydrogens (tertiary/aromatic N) is 3. The van der Waals surface area contributed by atoms with Gasteiger partial charge in [0.2, 0.25) is 5.95 Å². The van der Waals surface area contributed by atoms with Gasteiger partial charge in [0.25, 0.3) is 0 Å². The number of halogens is 1. The molecular formula is C16H14FN3O2. The molecule has 0 N–H and O–H groups in total. The minimum Gasteiger partial charge on any atom is -0.493 e. The number of aromatic nitrogens is 3. The number of methoxy groups -OCH3 is 2. The SMILES string of the molecule is [3H]C([3H])([3H])Oc1cc2nncc(-c3cnc(F)c(C)c3)c2cc1OC. The number of benzene rings is 1. The minimum absolute atomic E-state index is 0.0369. The summed E-state index contributed by atoms with van der Waals surface area (Å²) in [4.78, 5) is 3.73. The molecule has 2 aromatic heterocycles. The molecule has 0 unspecified atom stereocenters. The van der Waals surface area contributed by atoms with Gasteiger partial charge in [0.1, 0.15) is 0 Å². The predicted molar refractivity (Wildman–Crippen MR) is 80.6 cm³/mol. The minimum atomic E-state index is -2.62. The smallest absolute Gasteiger partial charge is 0.215 e. The Morgan fingerprint density at radius 2 is 1.95 bits per heavy atom. The molecule has 0 spiro atoms. The molecule has 1 aromatic carbocycles. The van der Waals surface area contributed by atoms with E-state index in [1.165, 1.54) is 25.6 Å². The fourth-order valence-corrected chi connectivity index (χ4v) is 2.24. The van der Waals surface area contributed by atoms with Gasteiger partial charge in [-0.2, -0.15) is 14.6 Å². The molecule has 0 aliphatic carbocycles. The van der Waals surface area contributed by atoms with Crippen molar-refractivity contribution in [1.29, 1.82) is 0 Å². The number of fused-ring (bicyclic) bond motifs is 1. The molecule has 0 fully saturated rings. The second-order valence-electron chi connectivity index (χ2n) is 4.71. The number of hydrogen-bond donors (Lipinski definition) is 0. The highest BCUT2D eigenvalue weighted by molar-refractivity contribution is 5.95. The van der Waals surface area contributed by atoms with Gasteiger partial charge in [-0.05, 0) is 19.1 Å². The molecule has 0 bridgehead atoms. The molecule has 3 aromatic rings. The van der Waals surface area contributed by atoms with E-state index in [4.69, 9.17) is 13.6 Å². The highest BCUT2D eigenvalue weighted by atomic mass is 19.1. The van der Waals surface area contributed by atoms with Crippen LogP contribution in [0, 0.1) is 12.9 Å². The van der Waals surface area contributed by atoms with Crippen molar-refractivity contribution in [1.82, 2.24) is 15.2 Å². The molecule has 0 saturated heterocycles. The monoisotopic (exact) mass is 305 g/mol. The second kappa shape index (κ2) is 5.55. The van der Waals surface area contributed by atoms with Crippen LogP contribution in [0.25, 0.3) is 22.0 Å². The van der Waals surface area contributed by atoms with Gasteiger partial charge in [0, 0.05) is 34.3 Å². The maximum absolute atomic E-state index is 13.4. The first-order valence-electron chi connectivity index (χ1n) is 7.93. The third kappa shape index (κ3) is 2.32. The van der Waals surface area contributed by atoms with Gasteiger partial charge in [0.05, 0.1) is 30.0 Å². The van der Waals surface area contributed by atoms with Crippen molar-refractivity contribution < 1.29 is 18.0 Å². The Labute approximate surface area is 130 Å². The molecule has 5 nitrogen and oxygen atoms in total. The van der Waals surface area contributed by atoms with Crippen LogP contribution in [0.2, 0.25) is 0 Å². The zero-order valence-corrected chi connectivity index (χ0v) is 11.9. The summed E-state index contributed by atoms with van der Waals surface area (Å²) in [6, 6.07) is 4.71. The fraction of sp³-hybridized carbons (Fsp3) is 0.188. The summed E-state index contributed by atoms with van der Waals surface area (Å²) >= 11 is 0. The van der Waals surface area contributed by atoms with Gasteiger partial charge in [-0.15, -0.1) is 0 Å². The second-order valence-corrected chi connectivity index (χ2v) is 4.71. The molecule has 0 aliphatic rings. The lowest BCUT2D eigenvalue weighted by Crippen LogP contribution is -1.95. The summed E-state index contributed by atoms with van der Waals surface area (Å²) in [7, 11) is -1.21. The lowest BCUT2D eigenvalue weighted by molar-refractivity contribution is 0.356. The highest BCUT2D eigenvalue weighted by Crippen LogP contribution is 2.35. The highest BCUT2D eigenvalue weighted by Gasteiger charge is 2.12. The van der Waals surface area contributed by atoms with Gasteiger partial charge >= 0.3 is 0 Å². The van der Waals surface area contributed by atoms with Crippen LogP contribution in [-0.4, -0.2) is 29.3 Å². The first kappa shape index (κ1) is 10.9. The van der Waals surface area contributed by atoms with Crippen LogP contribution in [0.15, 0.2) is 30.6 Å². The van der Waals surface area contributed by atoms with Crippen LogP contribution >= 0.6 is 0 Å². The zero-order chi connectivity index (χ0) is 18.2. The van der Waals surface area contributed by atoms with Gasteiger partial charge in [0.15, 0.2) is 11.5 Å². The largest absolute Gasteiger partial charge is 0.493 e. The van der Waals surface area contributed by atoms with E-state index in [1.54, 1.807) is 19.1 Å². The Hall–Kier alpha value is -2.76. The Morgan fingerprint density at radius 1 is 1.14 bits per heavy atom. The maximum atomic E-state index is 13.4. The van der Waals surface area contributed by atoms with Crippen molar-refractivity contribution >= 4 is 10.9 Å². The lowest BCUT2D eigenvalue weighted by atomic mass is 10.0. The number of ether oxygens (including phenoxy) is 2. The molecule has 2 heterocycles. The maximum Gasteiger partial charge on any atom is 0.215 e. The van der Waals surface area contributed by atoms with Crippen LogP contribution in [-0.2, 0) is 0 Å². The molecule has 0 saturated carbocycles. The summed E-state index contributed by atoms with van der Waals surface area (Å²) in [5.41, 5.74) is 2.14. The number of aryl methyl sites for hydroxylation is 1. The Bertz CT molecular complexity index is 948. The van der Waals surface area contributed by atoms with E-state index in [2.05, 4.69) is 15.2 Å². The third-order valence-corrected chi connectivity index (χ3v) is 3.36. The normalized spacial score (nSPS) is 13.3. The molecule has 112 valence electrons. The lowest BCUT2D eigenvalue weighted by Gasteiger charge is -2.11. The van der Waals surface area contributed by atoms with E-state index >= 15 is 0 Å². The van der Waals surface area contributed by atoms with E-state index in [0.717, 1.165) is 0 Å². The third-order valence-electron chi connectivity index (χ3n) is 3.36. The first-order valence-corrected chi connectivity index (χ1v) is 6.43. The van der Waals surface area contributed by atoms with Crippen LogP contribution in [0.4, 0.5) is 4.39 Å². The Balaban J connectivity index is 2.20. The summed E-state index contributed by atoms with van der Waals surface area (Å²) in [5, 5.41) is 8.59. The van der Waals surface area contributed by atoms with E-state index in [-0.39, 0.29) is 11.5 Å². The molecule has 22 heavy (non-hydrogen) atoms. The van der Waals surface area contributed by atoms with Gasteiger partial charge in [-0.3, -0.25) is 0 Å². The van der Waals surface area contributed by atoms with Crippen molar-refractivity contribution in [2.24, 2.45) is 0 Å². The first-order chi connectivity index (χ1) is 11.8. The van der Waals surface area contributed by atoms with Gasteiger partial charge in [-0.25, -0.2) is 4.98 Å². The average molecular weight is 305 g/mol. The van der Waals surface area contributed by atoms with Crippen molar-refractivity contribution in [2.45, 2.75) is 6.92 Å². The van der Waals surface area contributed by atoms with E-state index < -0.39 is 13.0 Å². The van der Waals surface area contributed by atoms with Crippen LogP contribution in [0.3, 0.4) is 0 Å². The van der Waals surface area contributed by atoms with Crippen molar-refractivity contribution in [2.75, 3.05) is 14.1 Å². The topological polar surface area (TPSA) is 57.1 Å². The zero-order valence-electron chi connectivity index (χ0n) is 14.9. The van der Waals surface area contributed by atoms with Gasteiger partial charge < -0.3 is 9.47 Å². The predicted octanol–water partition coefficient (Wildman–Crippen LogP) is 3.16. The summed E-state index contributed by atoms with van der Waals surface area (Å²) < 4.78 is 45.4. The van der Waals surface area contributed by atoms with E-state index in [1.807, 2.05) is 0 Å². The Morgan fingerprint density at radius 3 is 2.68 bits per heavy atom. The quantitative estimate of drug-likeness (QED) is 0.696. The van der Waals surface area contributed by atoms with Gasteiger partial charge in [-0.1, -0.05) is 0 Å². The van der Waals surface area contributed by atoms with Crippen molar-refractivity contribution in [3.63, 3.8) is 0 Å². The average Bonchev–Trinajstić information content (AvgIpc) is 2.54. The molecule has 0 radical (unpaired) electrons. The summed E-state index contributed by atoms with van der Waals surface area (Å²) in [6.07, 6.45) is 2.93. The summed E-state index contributed by atoms with van der Waals surface area (Å²) in [5.74, 6) is -0.263. The molecular weight excluding hydrogens is 285 g/mol. The van der Waals surface area contributed by atoms with Crippen LogP contribution in [0.5, 0.6) is 11.5 Å². The van der Waals surface area contributed by atoms with Crippen LogP contribution in [0.1, 0.15) is 9.68 Å². The fourth-order valence-electron chi connectivity index (χ4n) is 2.24. The van der Waals surface area contributed by atoms with Crippen molar-refractivity contribution in [3.05, 3.63) is 42.1 Å². The molecule has 0 atom stereocenters. The standard InChI is InChI=1S/C16H14FN3O2/c1-9-4-10(7-18-16(9)17)12-8-19-20-13-6-15(22-3)14(21-2)5-11(12)13/h4-8H,1-3H3/i3T3. The summed E-state index contributed by atoms with van der Waals surface area (Å²) in [6.45, 7) is 1.62. The van der Waals surface area contributed by atoms with E-state index in [9.17, 15) is 4.39 Å². The molecule has 0 aliphatic heterocycles. The van der Waals surface area contributed by atoms with Crippen LogP contribution < -0.4 is 9.47 Å². The number of rotatable bonds is 3. The van der Waals surface area contributed by atoms with Crippen molar-refractivity contribution in [3.8, 4) is 22.6 Å². The van der Waals surface area contributed by atoms with E-state index in [0.29, 0.717) is 27.6 Å². The number of hydrogen-bond acceptors (Lipinski definition) is 5.